The third-order valence-electron chi connectivity index (χ3n) is 5.40. The van der Waals surface area contributed by atoms with Gasteiger partial charge < -0.3 is 15.1 Å². The number of sulfonamides is 1. The van der Waals surface area contributed by atoms with Gasteiger partial charge in [0.25, 0.3) is 10.0 Å². The maximum Gasteiger partial charge on any atom is 0.262 e. The van der Waals surface area contributed by atoms with Crippen LogP contribution in [0, 0.1) is 0 Å². The van der Waals surface area contributed by atoms with Gasteiger partial charge in [-0.15, -0.1) is 0 Å². The summed E-state index contributed by atoms with van der Waals surface area (Å²) in [7, 11) is -7.86. The number of hydrogen-bond donors (Lipinski definition) is 3. The molecule has 0 spiro atoms. The number of benzene rings is 2. The molecule has 1 atom stereocenters. The predicted octanol–water partition coefficient (Wildman–Crippen LogP) is 2.37. The highest BCUT2D eigenvalue weighted by atomic mass is 32.2. The molecule has 2 aromatic rings. The van der Waals surface area contributed by atoms with Crippen molar-refractivity contribution in [2.75, 3.05) is 29.0 Å². The van der Waals surface area contributed by atoms with E-state index in [1.165, 1.54) is 36.4 Å². The van der Waals surface area contributed by atoms with Gasteiger partial charge in [-0.05, 0) is 49.1 Å². The molecule has 11 heteroatoms. The Morgan fingerprint density at radius 2 is 1.88 bits per heavy atom. The van der Waals surface area contributed by atoms with E-state index in [0.29, 0.717) is 37.1 Å². The summed E-state index contributed by atoms with van der Waals surface area (Å²) in [5.41, 5.74) is 0.840. The number of hydrogen-bond acceptors (Lipinski definition) is 7. The van der Waals surface area contributed by atoms with Crippen LogP contribution in [0.25, 0.3) is 0 Å². The van der Waals surface area contributed by atoms with Crippen molar-refractivity contribution < 1.29 is 31.4 Å². The number of halogens is 1. The van der Waals surface area contributed by atoms with Crippen molar-refractivity contribution in [2.24, 2.45) is 0 Å². The molecular weight excluding hydrogens is 459 g/mol. The Labute approximate surface area is 187 Å². The van der Waals surface area contributed by atoms with Crippen LogP contribution in [-0.2, 0) is 26.3 Å². The lowest BCUT2D eigenvalue weighted by molar-refractivity contribution is -0.0426. The van der Waals surface area contributed by atoms with Crippen molar-refractivity contribution in [3.63, 3.8) is 0 Å². The zero-order valence-electron chi connectivity index (χ0n) is 17.8. The summed E-state index contributed by atoms with van der Waals surface area (Å²) in [6, 6.07) is 8.15. The normalized spacial score (nSPS) is 17.6. The number of alkyl halides is 1. The average molecular weight is 487 g/mol. The van der Waals surface area contributed by atoms with Crippen LogP contribution < -0.4 is 9.62 Å². The summed E-state index contributed by atoms with van der Waals surface area (Å²) in [5, 5.41) is 18.9. The maximum absolute atomic E-state index is 14.0. The first-order valence-electron chi connectivity index (χ1n) is 10.2. The smallest absolute Gasteiger partial charge is 0.262 e. The fraction of sp³-hybridized carbons (Fsp3) is 0.429. The predicted molar refractivity (Wildman–Crippen MR) is 120 cm³/mol. The van der Waals surface area contributed by atoms with Gasteiger partial charge in [-0.1, -0.05) is 19.1 Å². The van der Waals surface area contributed by atoms with Crippen LogP contribution in [0.15, 0.2) is 46.2 Å². The molecule has 0 amide bonds. The number of nitrogens with one attached hydrogen (secondary N) is 1. The van der Waals surface area contributed by atoms with Crippen molar-refractivity contribution in [1.29, 1.82) is 0 Å². The molecule has 3 rings (SSSR count). The Kier molecular flexibility index (Phi) is 7.13. The number of anilines is 2. The van der Waals surface area contributed by atoms with Crippen molar-refractivity contribution in [3.05, 3.63) is 47.5 Å². The zero-order chi connectivity index (χ0) is 23.7. The number of aryl methyl sites for hydroxylation is 1. The van der Waals surface area contributed by atoms with Crippen LogP contribution in [-0.4, -0.2) is 52.6 Å². The lowest BCUT2D eigenvalue weighted by Gasteiger charge is -2.32. The molecule has 0 radical (unpaired) electrons. The number of piperidine rings is 1. The molecule has 32 heavy (non-hydrogen) atoms. The molecule has 0 unspecified atom stereocenters. The molecule has 3 N–H and O–H groups in total. The standard InChI is InChI=1S/C21H27FN2O6S2/c1-3-14-6-7-15(21(25)26)11-20(14)32(29,30)23-18-12-17(31(2,27)28)8-9-19(18)24-10-4-5-16(22)13-24/h6-9,11-12,16,21,23,25-26H,3-5,10,13H2,1-2H3/t16-/m1/s1. The van der Waals surface area contributed by atoms with E-state index in [1.807, 2.05) is 0 Å². The first-order chi connectivity index (χ1) is 14.9. The molecule has 1 saturated heterocycles. The van der Waals surface area contributed by atoms with E-state index in [2.05, 4.69) is 4.72 Å². The minimum Gasteiger partial charge on any atom is -0.367 e. The second-order valence-corrected chi connectivity index (χ2v) is 11.5. The zero-order valence-corrected chi connectivity index (χ0v) is 19.5. The molecule has 1 heterocycles. The van der Waals surface area contributed by atoms with E-state index in [1.54, 1.807) is 11.8 Å². The number of aliphatic hydroxyl groups is 2. The summed E-state index contributed by atoms with van der Waals surface area (Å²) in [5.74, 6) is 0. The lowest BCUT2D eigenvalue weighted by atomic mass is 10.1. The Balaban J connectivity index is 2.11. The van der Waals surface area contributed by atoms with E-state index < -0.39 is 32.3 Å². The first-order valence-corrected chi connectivity index (χ1v) is 13.5. The number of nitrogens with zero attached hydrogens (tertiary/aromatic N) is 1. The molecular formula is C21H27FN2O6S2. The highest BCUT2D eigenvalue weighted by Crippen LogP contribution is 2.34. The van der Waals surface area contributed by atoms with Gasteiger partial charge in [0, 0.05) is 24.9 Å². The number of sulfone groups is 1. The van der Waals surface area contributed by atoms with Gasteiger partial charge >= 0.3 is 0 Å². The number of rotatable bonds is 7. The second kappa shape index (κ2) is 9.34. The minimum atomic E-state index is -4.24. The van der Waals surface area contributed by atoms with Gasteiger partial charge in [-0.2, -0.15) is 0 Å². The van der Waals surface area contributed by atoms with Crippen LogP contribution in [0.2, 0.25) is 0 Å². The highest BCUT2D eigenvalue weighted by molar-refractivity contribution is 7.92. The lowest BCUT2D eigenvalue weighted by Crippen LogP contribution is -2.37. The summed E-state index contributed by atoms with van der Waals surface area (Å²) >= 11 is 0. The second-order valence-electron chi connectivity index (χ2n) is 7.84. The maximum atomic E-state index is 14.0. The van der Waals surface area contributed by atoms with E-state index in [0.717, 1.165) is 6.26 Å². The van der Waals surface area contributed by atoms with Gasteiger partial charge in [-0.3, -0.25) is 4.72 Å². The van der Waals surface area contributed by atoms with E-state index >= 15 is 0 Å². The largest absolute Gasteiger partial charge is 0.367 e. The van der Waals surface area contributed by atoms with E-state index in [9.17, 15) is 31.4 Å². The van der Waals surface area contributed by atoms with Gasteiger partial charge in [0.05, 0.1) is 21.2 Å². The third-order valence-corrected chi connectivity index (χ3v) is 7.96. The van der Waals surface area contributed by atoms with Crippen LogP contribution >= 0.6 is 0 Å². The summed E-state index contributed by atoms with van der Waals surface area (Å²) in [6.07, 6.45) is -0.553. The SMILES string of the molecule is CCc1ccc(C(O)O)cc1S(=O)(=O)Nc1cc(S(C)(=O)=O)ccc1N1CCC[C@@H](F)C1. The topological polar surface area (TPSA) is 124 Å². The quantitative estimate of drug-likeness (QED) is 0.513. The van der Waals surface area contributed by atoms with Crippen LogP contribution in [0.1, 0.15) is 37.2 Å². The monoisotopic (exact) mass is 486 g/mol. The van der Waals surface area contributed by atoms with Gasteiger partial charge in [0.1, 0.15) is 6.17 Å². The first kappa shape index (κ1) is 24.4. The fourth-order valence-electron chi connectivity index (χ4n) is 3.72. The molecule has 1 fully saturated rings. The van der Waals surface area contributed by atoms with Gasteiger partial charge in [-0.25, -0.2) is 21.2 Å². The van der Waals surface area contributed by atoms with Crippen molar-refractivity contribution in [3.8, 4) is 0 Å². The highest BCUT2D eigenvalue weighted by Gasteiger charge is 2.26. The Morgan fingerprint density at radius 3 is 2.47 bits per heavy atom. The fourth-order valence-corrected chi connectivity index (χ4v) is 5.78. The summed E-state index contributed by atoms with van der Waals surface area (Å²) < 4.78 is 67.2. The Morgan fingerprint density at radius 1 is 1.16 bits per heavy atom. The van der Waals surface area contributed by atoms with Crippen LogP contribution in [0.4, 0.5) is 15.8 Å². The molecule has 0 saturated carbocycles. The molecule has 0 aromatic heterocycles. The molecule has 176 valence electrons. The minimum absolute atomic E-state index is 0.00369. The molecule has 0 aliphatic carbocycles. The van der Waals surface area contributed by atoms with Crippen molar-refractivity contribution in [1.82, 2.24) is 0 Å². The van der Waals surface area contributed by atoms with E-state index in [-0.39, 0.29) is 27.6 Å². The van der Waals surface area contributed by atoms with Crippen molar-refractivity contribution in [2.45, 2.75) is 48.4 Å². The molecule has 0 bridgehead atoms. The van der Waals surface area contributed by atoms with E-state index in [4.69, 9.17) is 0 Å². The molecule has 2 aromatic carbocycles. The molecule has 1 aliphatic heterocycles. The third kappa shape index (κ3) is 5.40. The molecule has 8 nitrogen and oxygen atoms in total. The van der Waals surface area contributed by atoms with Gasteiger partial charge in [0.2, 0.25) is 0 Å². The van der Waals surface area contributed by atoms with Crippen LogP contribution in [0.3, 0.4) is 0 Å². The van der Waals surface area contributed by atoms with Crippen molar-refractivity contribution >= 4 is 31.2 Å². The Bertz CT molecular complexity index is 1200. The average Bonchev–Trinajstić information content (AvgIpc) is 2.72. The number of aliphatic hydroxyl groups excluding tert-OH is 1. The molecule has 1 aliphatic rings. The summed E-state index contributed by atoms with van der Waals surface area (Å²) in [6.45, 7) is 2.33. The van der Waals surface area contributed by atoms with Crippen LogP contribution in [0.5, 0.6) is 0 Å². The Hall–Kier alpha value is -2.21. The summed E-state index contributed by atoms with van der Waals surface area (Å²) in [4.78, 5) is 1.46. The van der Waals surface area contributed by atoms with Gasteiger partial charge in [0.15, 0.2) is 16.1 Å².